The number of fused-ring (bicyclic) bond motifs is 2. The fourth-order valence-electron chi connectivity index (χ4n) is 4.70. The number of rotatable bonds is 2. The van der Waals surface area contributed by atoms with Crippen molar-refractivity contribution in [1.82, 2.24) is 9.88 Å². The molecule has 0 radical (unpaired) electrons. The molecular formula is C21H21ClFN3O. The highest BCUT2D eigenvalue weighted by molar-refractivity contribution is 6.29. The van der Waals surface area contributed by atoms with Gasteiger partial charge in [-0.1, -0.05) is 11.6 Å². The largest absolute Gasteiger partial charge is 0.307 e. The second-order valence-corrected chi connectivity index (χ2v) is 8.35. The molecule has 1 saturated carbocycles. The molecule has 3 aliphatic rings. The van der Waals surface area contributed by atoms with Crippen LogP contribution in [0.2, 0.25) is 5.15 Å². The molecule has 1 saturated heterocycles. The maximum Gasteiger partial charge on any atom is 0.258 e. The van der Waals surface area contributed by atoms with Crippen LogP contribution in [0.5, 0.6) is 0 Å². The Balaban J connectivity index is 1.49. The Morgan fingerprint density at radius 2 is 1.96 bits per heavy atom. The van der Waals surface area contributed by atoms with E-state index in [1.165, 1.54) is 18.9 Å². The zero-order chi connectivity index (χ0) is 18.6. The molecule has 1 amide bonds. The summed E-state index contributed by atoms with van der Waals surface area (Å²) in [5.41, 5.74) is 2.16. The van der Waals surface area contributed by atoms with Gasteiger partial charge in [0.25, 0.3) is 5.91 Å². The highest BCUT2D eigenvalue weighted by atomic mass is 35.5. The third kappa shape index (κ3) is 2.93. The highest BCUT2D eigenvalue weighted by Gasteiger charge is 2.48. The predicted octanol–water partition coefficient (Wildman–Crippen LogP) is 4.03. The zero-order valence-electron chi connectivity index (χ0n) is 15.0. The molecule has 2 aliphatic heterocycles. The van der Waals surface area contributed by atoms with Crippen LogP contribution in [0.15, 0.2) is 36.5 Å². The molecule has 0 atom stereocenters. The van der Waals surface area contributed by atoms with Crippen LogP contribution >= 0.6 is 11.6 Å². The average molecular weight is 386 g/mol. The number of carbonyl (C=O) groups excluding carboxylic acids is 1. The fraction of sp³-hybridized carbons (Fsp3) is 0.429. The predicted molar refractivity (Wildman–Crippen MR) is 103 cm³/mol. The lowest BCUT2D eigenvalue weighted by Crippen LogP contribution is -2.46. The molecule has 5 rings (SSSR count). The Kier molecular flexibility index (Phi) is 3.99. The summed E-state index contributed by atoms with van der Waals surface area (Å²) in [6.45, 7) is 2.64. The van der Waals surface area contributed by atoms with Gasteiger partial charge in [-0.15, -0.1) is 0 Å². The lowest BCUT2D eigenvalue weighted by molar-refractivity contribution is 0.0975. The normalized spacial score (nSPS) is 21.5. The van der Waals surface area contributed by atoms with Crippen molar-refractivity contribution in [1.29, 1.82) is 0 Å². The topological polar surface area (TPSA) is 36.4 Å². The number of carbonyl (C=O) groups is 1. The van der Waals surface area contributed by atoms with Crippen molar-refractivity contribution < 1.29 is 9.18 Å². The Morgan fingerprint density at radius 1 is 1.19 bits per heavy atom. The van der Waals surface area contributed by atoms with Gasteiger partial charge in [-0.2, -0.15) is 0 Å². The monoisotopic (exact) mass is 385 g/mol. The van der Waals surface area contributed by atoms with E-state index in [4.69, 9.17) is 11.6 Å². The molecule has 140 valence electrons. The first-order chi connectivity index (χ1) is 13.1. The Hall–Kier alpha value is -1.98. The number of likely N-dealkylation sites (tertiary alicyclic amines) is 1. The number of aromatic nitrogens is 1. The molecule has 4 nitrogen and oxygen atoms in total. The first-order valence-electron chi connectivity index (χ1n) is 9.53. The van der Waals surface area contributed by atoms with Gasteiger partial charge in [0.1, 0.15) is 11.0 Å². The first kappa shape index (κ1) is 17.1. The second kappa shape index (κ2) is 6.28. The minimum atomic E-state index is -0.237. The maximum atomic E-state index is 14.1. The molecule has 27 heavy (non-hydrogen) atoms. The van der Waals surface area contributed by atoms with Crippen molar-refractivity contribution in [2.45, 2.75) is 37.1 Å². The second-order valence-electron chi connectivity index (χ2n) is 7.97. The molecule has 0 bridgehead atoms. The van der Waals surface area contributed by atoms with Gasteiger partial charge in [0.15, 0.2) is 0 Å². The van der Waals surface area contributed by atoms with Crippen molar-refractivity contribution in [2.24, 2.45) is 0 Å². The molecule has 6 heteroatoms. The number of pyridine rings is 1. The molecule has 2 aromatic rings. The van der Waals surface area contributed by atoms with Gasteiger partial charge in [0, 0.05) is 35.4 Å². The Morgan fingerprint density at radius 3 is 2.67 bits per heavy atom. The number of hydrogen-bond acceptors (Lipinski definition) is 3. The minimum absolute atomic E-state index is 0.103. The fourth-order valence-corrected chi connectivity index (χ4v) is 4.87. The van der Waals surface area contributed by atoms with E-state index in [1.54, 1.807) is 35.4 Å². The molecule has 0 unspecified atom stereocenters. The van der Waals surface area contributed by atoms with Crippen LogP contribution in [0.4, 0.5) is 10.1 Å². The number of hydrogen-bond donors (Lipinski definition) is 0. The van der Waals surface area contributed by atoms with Crippen LogP contribution in [0.1, 0.15) is 41.6 Å². The van der Waals surface area contributed by atoms with Gasteiger partial charge in [-0.25, -0.2) is 9.37 Å². The summed E-state index contributed by atoms with van der Waals surface area (Å²) in [7, 11) is 0. The molecule has 0 N–H and O–H groups in total. The third-order valence-electron chi connectivity index (χ3n) is 6.32. The quantitative estimate of drug-likeness (QED) is 0.732. The van der Waals surface area contributed by atoms with E-state index in [2.05, 4.69) is 9.88 Å². The molecule has 2 fully saturated rings. The van der Waals surface area contributed by atoms with Crippen LogP contribution in [0.25, 0.3) is 0 Å². The van der Waals surface area contributed by atoms with E-state index < -0.39 is 0 Å². The lowest BCUT2D eigenvalue weighted by Gasteiger charge is -2.40. The van der Waals surface area contributed by atoms with E-state index in [0.717, 1.165) is 43.2 Å². The average Bonchev–Trinajstić information content (AvgIpc) is 3.47. The third-order valence-corrected chi connectivity index (χ3v) is 6.53. The minimum Gasteiger partial charge on any atom is -0.307 e. The van der Waals surface area contributed by atoms with Crippen LogP contribution in [0.3, 0.4) is 0 Å². The van der Waals surface area contributed by atoms with Crippen LogP contribution in [0, 0.1) is 5.82 Å². The van der Waals surface area contributed by atoms with E-state index in [-0.39, 0.29) is 17.1 Å². The van der Waals surface area contributed by atoms with E-state index in [9.17, 15) is 9.18 Å². The van der Waals surface area contributed by atoms with E-state index in [1.807, 2.05) is 0 Å². The van der Waals surface area contributed by atoms with E-state index >= 15 is 0 Å². The SMILES string of the molecule is O=C(c1ccnc(Cl)c1)N1CC2(CCN(C3CC3)CC2)c2cc(F)ccc21. The van der Waals surface area contributed by atoms with Crippen LogP contribution in [-0.4, -0.2) is 41.5 Å². The molecule has 1 aromatic carbocycles. The van der Waals surface area contributed by atoms with Crippen molar-refractivity contribution in [2.75, 3.05) is 24.5 Å². The van der Waals surface area contributed by atoms with Crippen molar-refractivity contribution in [3.05, 3.63) is 58.6 Å². The van der Waals surface area contributed by atoms with Gasteiger partial charge >= 0.3 is 0 Å². The Labute approximate surface area is 162 Å². The number of benzene rings is 1. The van der Waals surface area contributed by atoms with Gasteiger partial charge in [0.05, 0.1) is 0 Å². The summed E-state index contributed by atoms with van der Waals surface area (Å²) in [6.07, 6.45) is 6.06. The molecule has 1 aliphatic carbocycles. The van der Waals surface area contributed by atoms with Crippen LogP contribution in [-0.2, 0) is 5.41 Å². The van der Waals surface area contributed by atoms with Gasteiger partial charge in [-0.3, -0.25) is 4.79 Å². The Bertz CT molecular complexity index is 906. The lowest BCUT2D eigenvalue weighted by atomic mass is 9.74. The summed E-state index contributed by atoms with van der Waals surface area (Å²) in [6, 6.07) is 8.83. The number of piperidine rings is 1. The number of amides is 1. The molecule has 1 aromatic heterocycles. The summed E-state index contributed by atoms with van der Waals surface area (Å²) >= 11 is 5.97. The molecular weight excluding hydrogens is 365 g/mol. The molecule has 3 heterocycles. The van der Waals surface area contributed by atoms with Gasteiger partial charge < -0.3 is 9.80 Å². The van der Waals surface area contributed by atoms with Crippen molar-refractivity contribution in [3.63, 3.8) is 0 Å². The summed E-state index contributed by atoms with van der Waals surface area (Å²) in [5, 5.41) is 0.298. The number of anilines is 1. The van der Waals surface area contributed by atoms with Crippen LogP contribution < -0.4 is 4.90 Å². The van der Waals surface area contributed by atoms with Gasteiger partial charge in [-0.05, 0) is 74.7 Å². The maximum absolute atomic E-state index is 14.1. The first-order valence-corrected chi connectivity index (χ1v) is 9.91. The summed E-state index contributed by atoms with van der Waals surface area (Å²) in [5.74, 6) is -0.340. The zero-order valence-corrected chi connectivity index (χ0v) is 15.8. The van der Waals surface area contributed by atoms with Crippen molar-refractivity contribution >= 4 is 23.2 Å². The number of nitrogens with zero attached hydrogens (tertiary/aromatic N) is 3. The smallest absolute Gasteiger partial charge is 0.258 e. The number of halogens is 2. The highest BCUT2D eigenvalue weighted by Crippen LogP contribution is 2.48. The standard InChI is InChI=1S/C21H21ClFN3O/c22-19-11-14(5-8-24-19)20(27)26-13-21(17-12-15(23)1-4-18(17)26)6-9-25(10-7-21)16-2-3-16/h1,4-5,8,11-12,16H,2-3,6-7,9-10,13H2. The van der Waals surface area contributed by atoms with E-state index in [0.29, 0.717) is 17.3 Å². The van der Waals surface area contributed by atoms with Crippen molar-refractivity contribution in [3.8, 4) is 0 Å². The molecule has 1 spiro atoms. The summed E-state index contributed by atoms with van der Waals surface area (Å²) < 4.78 is 14.1. The van der Waals surface area contributed by atoms with Gasteiger partial charge in [0.2, 0.25) is 0 Å². The summed E-state index contributed by atoms with van der Waals surface area (Å²) in [4.78, 5) is 21.5.